The van der Waals surface area contributed by atoms with Crippen molar-refractivity contribution in [3.8, 4) is 0 Å². The molecule has 22 heavy (non-hydrogen) atoms. The first kappa shape index (κ1) is 16.4. The second-order valence-corrected chi connectivity index (χ2v) is 6.29. The summed E-state index contributed by atoms with van der Waals surface area (Å²) in [6.07, 6.45) is 0. The van der Waals surface area contributed by atoms with Gasteiger partial charge in [0.1, 0.15) is 10.9 Å². The van der Waals surface area contributed by atoms with Gasteiger partial charge < -0.3 is 15.1 Å². The molecule has 0 aliphatic heterocycles. The fourth-order valence-electron chi connectivity index (χ4n) is 1.81. The maximum Gasteiger partial charge on any atom is 0.263 e. The fraction of sp³-hybridized carbons (Fsp3) is 0.571. The molecule has 0 bridgehead atoms. The van der Waals surface area contributed by atoms with Crippen molar-refractivity contribution in [3.05, 3.63) is 22.4 Å². The SMILES string of the molecule is CCNc1nc(C)c(C(=O)N[C@H](C)c2nnc(C(C)C)o2)s1. The third kappa shape index (κ3) is 3.62. The van der Waals surface area contributed by atoms with E-state index in [1.807, 2.05) is 34.6 Å². The number of carbonyl (C=O) groups excluding carboxylic acids is 1. The van der Waals surface area contributed by atoms with Crippen molar-refractivity contribution in [1.82, 2.24) is 20.5 Å². The summed E-state index contributed by atoms with van der Waals surface area (Å²) in [6.45, 7) is 10.3. The van der Waals surface area contributed by atoms with Crippen molar-refractivity contribution >= 4 is 22.4 Å². The molecule has 2 heterocycles. The van der Waals surface area contributed by atoms with Gasteiger partial charge in [0.2, 0.25) is 11.8 Å². The fourth-order valence-corrected chi connectivity index (χ4v) is 2.75. The minimum absolute atomic E-state index is 0.163. The van der Waals surface area contributed by atoms with Gasteiger partial charge in [0, 0.05) is 12.5 Å². The van der Waals surface area contributed by atoms with E-state index in [0.29, 0.717) is 22.4 Å². The number of aryl methyl sites for hydroxylation is 1. The van der Waals surface area contributed by atoms with Gasteiger partial charge in [-0.3, -0.25) is 4.79 Å². The summed E-state index contributed by atoms with van der Waals surface area (Å²) in [4.78, 5) is 17.3. The zero-order valence-corrected chi connectivity index (χ0v) is 14.2. The van der Waals surface area contributed by atoms with Crippen LogP contribution in [0.3, 0.4) is 0 Å². The third-order valence-corrected chi connectivity index (χ3v) is 4.11. The van der Waals surface area contributed by atoms with Crippen molar-refractivity contribution in [2.45, 2.75) is 46.6 Å². The van der Waals surface area contributed by atoms with Crippen LogP contribution < -0.4 is 10.6 Å². The lowest BCUT2D eigenvalue weighted by molar-refractivity contribution is 0.0937. The molecule has 1 amide bonds. The maximum atomic E-state index is 12.3. The predicted octanol–water partition coefficient (Wildman–Crippen LogP) is 2.88. The Morgan fingerprint density at radius 2 is 1.95 bits per heavy atom. The number of hydrogen-bond acceptors (Lipinski definition) is 7. The van der Waals surface area contributed by atoms with E-state index in [1.165, 1.54) is 11.3 Å². The molecule has 2 rings (SSSR count). The summed E-state index contributed by atoms with van der Waals surface area (Å²) in [5.41, 5.74) is 0.707. The third-order valence-electron chi connectivity index (χ3n) is 3.00. The van der Waals surface area contributed by atoms with Gasteiger partial charge in [-0.05, 0) is 20.8 Å². The van der Waals surface area contributed by atoms with Crippen molar-refractivity contribution < 1.29 is 9.21 Å². The Morgan fingerprint density at radius 1 is 1.27 bits per heavy atom. The highest BCUT2D eigenvalue weighted by molar-refractivity contribution is 7.17. The first-order valence-corrected chi connectivity index (χ1v) is 8.09. The normalized spacial score (nSPS) is 12.5. The first-order chi connectivity index (χ1) is 10.4. The summed E-state index contributed by atoms with van der Waals surface area (Å²) in [5, 5.41) is 14.7. The van der Waals surface area contributed by atoms with E-state index in [4.69, 9.17) is 4.42 Å². The molecule has 0 radical (unpaired) electrons. The minimum atomic E-state index is -0.350. The molecular formula is C14H21N5O2S. The molecule has 0 spiro atoms. The number of rotatable bonds is 6. The Kier molecular flexibility index (Phi) is 5.12. The van der Waals surface area contributed by atoms with Gasteiger partial charge in [-0.1, -0.05) is 25.2 Å². The summed E-state index contributed by atoms with van der Waals surface area (Å²) in [7, 11) is 0. The molecule has 7 nitrogen and oxygen atoms in total. The molecule has 0 fully saturated rings. The van der Waals surface area contributed by atoms with E-state index in [0.717, 1.165) is 11.7 Å². The number of nitrogens with one attached hydrogen (secondary N) is 2. The van der Waals surface area contributed by atoms with Crippen LogP contribution in [0.4, 0.5) is 5.13 Å². The van der Waals surface area contributed by atoms with E-state index >= 15 is 0 Å². The molecule has 2 N–H and O–H groups in total. The highest BCUT2D eigenvalue weighted by Gasteiger charge is 2.21. The topological polar surface area (TPSA) is 92.9 Å². The molecule has 2 aromatic heterocycles. The van der Waals surface area contributed by atoms with Crippen LogP contribution in [0.1, 0.15) is 66.8 Å². The van der Waals surface area contributed by atoms with Gasteiger partial charge in [0.05, 0.1) is 5.69 Å². The average molecular weight is 323 g/mol. The van der Waals surface area contributed by atoms with Crippen LogP contribution in [-0.2, 0) is 0 Å². The summed E-state index contributed by atoms with van der Waals surface area (Å²) >= 11 is 1.34. The summed E-state index contributed by atoms with van der Waals surface area (Å²) in [6, 6.07) is -0.350. The second-order valence-electron chi connectivity index (χ2n) is 5.29. The Morgan fingerprint density at radius 3 is 2.55 bits per heavy atom. The molecule has 120 valence electrons. The van der Waals surface area contributed by atoms with Gasteiger partial charge in [0.25, 0.3) is 5.91 Å². The smallest absolute Gasteiger partial charge is 0.263 e. The number of hydrogen-bond donors (Lipinski definition) is 2. The highest BCUT2D eigenvalue weighted by atomic mass is 32.1. The Labute approximate surface area is 133 Å². The highest BCUT2D eigenvalue weighted by Crippen LogP contribution is 2.23. The van der Waals surface area contributed by atoms with Gasteiger partial charge in [-0.15, -0.1) is 10.2 Å². The van der Waals surface area contributed by atoms with Crippen LogP contribution in [0.25, 0.3) is 0 Å². The average Bonchev–Trinajstić information content (AvgIpc) is 3.06. The van der Waals surface area contributed by atoms with Crippen LogP contribution in [0.5, 0.6) is 0 Å². The summed E-state index contributed by atoms with van der Waals surface area (Å²) in [5.74, 6) is 0.956. The molecule has 0 aromatic carbocycles. The quantitative estimate of drug-likeness (QED) is 0.849. The van der Waals surface area contributed by atoms with Crippen LogP contribution in [0.15, 0.2) is 4.42 Å². The molecule has 0 unspecified atom stereocenters. The zero-order valence-electron chi connectivity index (χ0n) is 13.4. The van der Waals surface area contributed by atoms with Crippen molar-refractivity contribution in [2.24, 2.45) is 0 Å². The standard InChI is InChI=1S/C14H21N5O2S/c1-6-15-14-17-8(4)10(22-14)11(20)16-9(5)13-19-18-12(21-13)7(2)3/h7,9H,6H2,1-5H3,(H,15,17)(H,16,20)/t9-/m1/s1. The molecule has 0 saturated carbocycles. The molecule has 2 aromatic rings. The largest absolute Gasteiger partial charge is 0.423 e. The van der Waals surface area contributed by atoms with Gasteiger partial charge in [-0.2, -0.15) is 0 Å². The zero-order chi connectivity index (χ0) is 16.3. The molecular weight excluding hydrogens is 302 g/mol. The van der Waals surface area contributed by atoms with Gasteiger partial charge in [-0.25, -0.2) is 4.98 Å². The van der Waals surface area contributed by atoms with E-state index in [9.17, 15) is 4.79 Å². The van der Waals surface area contributed by atoms with Crippen LogP contribution in [-0.4, -0.2) is 27.6 Å². The lowest BCUT2D eigenvalue weighted by Gasteiger charge is -2.09. The van der Waals surface area contributed by atoms with Crippen LogP contribution in [0, 0.1) is 6.92 Å². The molecule has 0 saturated heterocycles. The maximum absolute atomic E-state index is 12.3. The summed E-state index contributed by atoms with van der Waals surface area (Å²) < 4.78 is 5.56. The van der Waals surface area contributed by atoms with Gasteiger partial charge >= 0.3 is 0 Å². The number of amides is 1. The predicted molar refractivity (Wildman–Crippen MR) is 85.3 cm³/mol. The van der Waals surface area contributed by atoms with E-state index < -0.39 is 0 Å². The second kappa shape index (κ2) is 6.87. The minimum Gasteiger partial charge on any atom is -0.423 e. The van der Waals surface area contributed by atoms with Gasteiger partial charge in [0.15, 0.2) is 5.13 Å². The first-order valence-electron chi connectivity index (χ1n) is 7.27. The molecule has 1 atom stereocenters. The van der Waals surface area contributed by atoms with Crippen LogP contribution in [0.2, 0.25) is 0 Å². The van der Waals surface area contributed by atoms with E-state index in [1.54, 1.807) is 0 Å². The monoisotopic (exact) mass is 323 g/mol. The van der Waals surface area contributed by atoms with E-state index in [2.05, 4.69) is 25.8 Å². The number of thiazole rings is 1. The Balaban J connectivity index is 2.07. The van der Waals surface area contributed by atoms with E-state index in [-0.39, 0.29) is 17.9 Å². The number of anilines is 1. The molecule has 0 aliphatic carbocycles. The Hall–Kier alpha value is -1.96. The molecule has 0 aliphatic rings. The number of carbonyl (C=O) groups is 1. The van der Waals surface area contributed by atoms with Crippen molar-refractivity contribution in [2.75, 3.05) is 11.9 Å². The van der Waals surface area contributed by atoms with Crippen molar-refractivity contribution in [1.29, 1.82) is 0 Å². The Bertz CT molecular complexity index is 649. The lowest BCUT2D eigenvalue weighted by atomic mass is 10.2. The lowest BCUT2D eigenvalue weighted by Crippen LogP contribution is -2.26. The van der Waals surface area contributed by atoms with Crippen molar-refractivity contribution in [3.63, 3.8) is 0 Å². The van der Waals surface area contributed by atoms with Crippen LogP contribution >= 0.6 is 11.3 Å². The molecule has 8 heteroatoms. The number of aromatic nitrogens is 3. The number of nitrogens with zero attached hydrogens (tertiary/aromatic N) is 3.